The highest BCUT2D eigenvalue weighted by molar-refractivity contribution is 7.17. The fraction of sp³-hybridized carbons (Fsp3) is 0.280. The van der Waals surface area contributed by atoms with Gasteiger partial charge in [0.1, 0.15) is 11.5 Å². The van der Waals surface area contributed by atoms with Crippen molar-refractivity contribution in [3.63, 3.8) is 0 Å². The van der Waals surface area contributed by atoms with E-state index in [1.165, 1.54) is 5.69 Å². The van der Waals surface area contributed by atoms with Gasteiger partial charge in [0.2, 0.25) is 10.3 Å². The second-order valence-electron chi connectivity index (χ2n) is 8.00. The molecular formula is C25H28N6O2S. The molecule has 9 heteroatoms. The predicted molar refractivity (Wildman–Crippen MR) is 137 cm³/mol. The first-order chi connectivity index (χ1) is 16.7. The van der Waals surface area contributed by atoms with E-state index in [-0.39, 0.29) is 0 Å². The van der Waals surface area contributed by atoms with Crippen LogP contribution in [0, 0.1) is 0 Å². The van der Waals surface area contributed by atoms with Crippen LogP contribution in [0.4, 0.5) is 16.5 Å². The number of aromatic nitrogens is 3. The second-order valence-corrected chi connectivity index (χ2v) is 8.94. The van der Waals surface area contributed by atoms with Crippen molar-refractivity contribution in [3.05, 3.63) is 72.6 Å². The number of rotatable bonds is 8. The minimum Gasteiger partial charge on any atom is -0.497 e. The van der Waals surface area contributed by atoms with E-state index in [2.05, 4.69) is 66.3 Å². The summed E-state index contributed by atoms with van der Waals surface area (Å²) in [6, 6.07) is 20.5. The zero-order valence-corrected chi connectivity index (χ0v) is 20.2. The van der Waals surface area contributed by atoms with Crippen LogP contribution in [0.3, 0.4) is 0 Å². The van der Waals surface area contributed by atoms with Crippen LogP contribution in [-0.4, -0.2) is 55.2 Å². The number of methoxy groups -OCH3 is 2. The minimum absolute atomic E-state index is 0.633. The van der Waals surface area contributed by atoms with E-state index in [0.29, 0.717) is 6.54 Å². The molecule has 1 aliphatic rings. The van der Waals surface area contributed by atoms with Crippen molar-refractivity contribution in [2.24, 2.45) is 0 Å². The van der Waals surface area contributed by atoms with E-state index in [1.54, 1.807) is 25.6 Å². The smallest absolute Gasteiger partial charge is 0.218 e. The van der Waals surface area contributed by atoms with Crippen LogP contribution in [0.2, 0.25) is 0 Å². The van der Waals surface area contributed by atoms with Crippen LogP contribution in [0.25, 0.3) is 5.13 Å². The van der Waals surface area contributed by atoms with Gasteiger partial charge < -0.3 is 24.6 Å². The van der Waals surface area contributed by atoms with Crippen molar-refractivity contribution in [1.29, 1.82) is 0 Å². The molecule has 2 aromatic carbocycles. The van der Waals surface area contributed by atoms with Gasteiger partial charge >= 0.3 is 0 Å². The number of anilines is 3. The Labute approximate surface area is 203 Å². The molecule has 0 atom stereocenters. The van der Waals surface area contributed by atoms with Gasteiger partial charge in [-0.3, -0.25) is 4.57 Å². The molecule has 0 unspecified atom stereocenters. The molecule has 0 saturated carbocycles. The first-order valence-electron chi connectivity index (χ1n) is 11.3. The van der Waals surface area contributed by atoms with Crippen LogP contribution in [0.1, 0.15) is 5.69 Å². The number of ether oxygens (including phenoxy) is 2. The number of nitrogens with one attached hydrogen (secondary N) is 1. The van der Waals surface area contributed by atoms with E-state index in [1.807, 2.05) is 30.5 Å². The monoisotopic (exact) mass is 476 g/mol. The van der Waals surface area contributed by atoms with Gasteiger partial charge in [-0.05, 0) is 24.3 Å². The van der Waals surface area contributed by atoms with Crippen LogP contribution < -0.4 is 24.6 Å². The molecule has 2 aromatic heterocycles. The fourth-order valence-electron chi connectivity index (χ4n) is 4.08. The Kier molecular flexibility index (Phi) is 6.53. The Balaban J connectivity index is 1.24. The molecule has 8 nitrogen and oxygen atoms in total. The first kappa shape index (κ1) is 22.1. The molecule has 5 rings (SSSR count). The SMILES string of the molecule is COc1cc(NCc2cccn2-c2nnc(N3CCN(c4ccccc4)CC3)s2)cc(OC)c1. The van der Waals surface area contributed by atoms with Crippen molar-refractivity contribution in [2.45, 2.75) is 6.54 Å². The molecule has 1 aliphatic heterocycles. The van der Waals surface area contributed by atoms with Gasteiger partial charge in [-0.15, -0.1) is 10.2 Å². The number of piperazine rings is 1. The quantitative estimate of drug-likeness (QED) is 0.407. The lowest BCUT2D eigenvalue weighted by molar-refractivity contribution is 0.394. The highest BCUT2D eigenvalue weighted by Gasteiger charge is 2.21. The second kappa shape index (κ2) is 10.0. The summed E-state index contributed by atoms with van der Waals surface area (Å²) in [5, 5.41) is 14.3. The van der Waals surface area contributed by atoms with Gasteiger partial charge in [0.05, 0.1) is 20.8 Å². The Bertz CT molecular complexity index is 1190. The number of hydrogen-bond donors (Lipinski definition) is 1. The van der Waals surface area contributed by atoms with Crippen LogP contribution in [0.15, 0.2) is 66.9 Å². The summed E-state index contributed by atoms with van der Waals surface area (Å²) < 4.78 is 12.8. The molecule has 34 heavy (non-hydrogen) atoms. The zero-order valence-electron chi connectivity index (χ0n) is 19.3. The molecule has 0 aliphatic carbocycles. The summed E-state index contributed by atoms with van der Waals surface area (Å²) in [7, 11) is 3.30. The van der Waals surface area contributed by atoms with Crippen molar-refractivity contribution in [3.8, 4) is 16.6 Å². The topological polar surface area (TPSA) is 67.7 Å². The normalized spacial score (nSPS) is 13.7. The van der Waals surface area contributed by atoms with Crippen molar-refractivity contribution in [1.82, 2.24) is 14.8 Å². The number of nitrogens with zero attached hydrogens (tertiary/aromatic N) is 5. The van der Waals surface area contributed by atoms with E-state index in [4.69, 9.17) is 9.47 Å². The van der Waals surface area contributed by atoms with Gasteiger partial charge in [0.15, 0.2) is 0 Å². The molecule has 1 fully saturated rings. The van der Waals surface area contributed by atoms with Crippen LogP contribution in [-0.2, 0) is 6.54 Å². The lowest BCUT2D eigenvalue weighted by atomic mass is 10.2. The molecule has 176 valence electrons. The van der Waals surface area contributed by atoms with Crippen LogP contribution in [0.5, 0.6) is 11.5 Å². The Morgan fingerprint density at radius 3 is 2.21 bits per heavy atom. The molecule has 0 amide bonds. The lowest BCUT2D eigenvalue weighted by Crippen LogP contribution is -2.46. The summed E-state index contributed by atoms with van der Waals surface area (Å²) in [4.78, 5) is 4.74. The van der Waals surface area contributed by atoms with E-state index < -0.39 is 0 Å². The highest BCUT2D eigenvalue weighted by atomic mass is 32.1. The van der Waals surface area contributed by atoms with Gasteiger partial charge in [-0.2, -0.15) is 0 Å². The maximum absolute atomic E-state index is 5.37. The third-order valence-corrected chi connectivity index (χ3v) is 6.92. The summed E-state index contributed by atoms with van der Waals surface area (Å²) in [5.41, 5.74) is 3.30. The molecule has 3 heterocycles. The van der Waals surface area contributed by atoms with Gasteiger partial charge in [0, 0.05) is 67.6 Å². The van der Waals surface area contributed by atoms with E-state index >= 15 is 0 Å². The predicted octanol–water partition coefficient (Wildman–Crippen LogP) is 4.28. The van der Waals surface area contributed by atoms with Gasteiger partial charge in [0.25, 0.3) is 0 Å². The molecule has 0 radical (unpaired) electrons. The summed E-state index contributed by atoms with van der Waals surface area (Å²) in [6.07, 6.45) is 2.03. The molecule has 4 aromatic rings. The van der Waals surface area contributed by atoms with Gasteiger partial charge in [-0.1, -0.05) is 29.5 Å². The third kappa shape index (κ3) is 4.79. The van der Waals surface area contributed by atoms with E-state index in [9.17, 15) is 0 Å². The first-order valence-corrected chi connectivity index (χ1v) is 12.1. The molecule has 0 bridgehead atoms. The highest BCUT2D eigenvalue weighted by Crippen LogP contribution is 2.28. The maximum atomic E-state index is 5.37. The summed E-state index contributed by atoms with van der Waals surface area (Å²) in [5.74, 6) is 1.50. The van der Waals surface area contributed by atoms with Crippen LogP contribution >= 0.6 is 11.3 Å². The number of benzene rings is 2. The van der Waals surface area contributed by atoms with Gasteiger partial charge in [-0.25, -0.2) is 0 Å². The third-order valence-electron chi connectivity index (χ3n) is 5.94. The molecular weight excluding hydrogens is 448 g/mol. The maximum Gasteiger partial charge on any atom is 0.218 e. The molecule has 1 saturated heterocycles. The standard InChI is InChI=1S/C25H28N6O2S/c1-32-22-15-19(16-23(17-22)33-2)26-18-21-9-6-10-31(21)25-28-27-24(34-25)30-13-11-29(12-14-30)20-7-4-3-5-8-20/h3-10,15-17,26H,11-14,18H2,1-2H3. The fourth-order valence-corrected chi connectivity index (χ4v) is 4.99. The molecule has 1 N–H and O–H groups in total. The Morgan fingerprint density at radius 2 is 1.50 bits per heavy atom. The lowest BCUT2D eigenvalue weighted by Gasteiger charge is -2.35. The minimum atomic E-state index is 0.633. The van der Waals surface area contributed by atoms with E-state index in [0.717, 1.165) is 59.3 Å². The summed E-state index contributed by atoms with van der Waals surface area (Å²) >= 11 is 1.62. The largest absolute Gasteiger partial charge is 0.497 e. The molecule has 0 spiro atoms. The zero-order chi connectivity index (χ0) is 23.3. The van der Waals surface area contributed by atoms with Crippen molar-refractivity contribution < 1.29 is 9.47 Å². The number of hydrogen-bond acceptors (Lipinski definition) is 8. The van der Waals surface area contributed by atoms with Crippen molar-refractivity contribution in [2.75, 3.05) is 55.5 Å². The van der Waals surface area contributed by atoms with Crippen molar-refractivity contribution >= 4 is 27.8 Å². The average molecular weight is 477 g/mol. The Hall–Kier alpha value is -3.72. The number of para-hydroxylation sites is 1. The average Bonchev–Trinajstić information content (AvgIpc) is 3.57. The Morgan fingerprint density at radius 1 is 0.824 bits per heavy atom. The summed E-state index contributed by atoms with van der Waals surface area (Å²) in [6.45, 7) is 4.44.